The molecule has 8 heteroatoms. The maximum Gasteiger partial charge on any atom is 0.321 e. The SMILES string of the molecule is O=C(CCCNC(=O)c1cccs1)Nc1cccc(N2CCNC2=O)c1. The van der Waals surface area contributed by atoms with E-state index in [9.17, 15) is 14.4 Å². The average Bonchev–Trinajstić information content (AvgIpc) is 3.30. The lowest BCUT2D eigenvalue weighted by atomic mass is 10.2. The molecular weight excluding hydrogens is 352 g/mol. The summed E-state index contributed by atoms with van der Waals surface area (Å²) in [7, 11) is 0. The highest BCUT2D eigenvalue weighted by molar-refractivity contribution is 7.12. The van der Waals surface area contributed by atoms with E-state index in [2.05, 4.69) is 16.0 Å². The lowest BCUT2D eigenvalue weighted by Gasteiger charge is -2.15. The molecule has 1 saturated heterocycles. The largest absolute Gasteiger partial charge is 0.351 e. The summed E-state index contributed by atoms with van der Waals surface area (Å²) in [6.07, 6.45) is 0.857. The van der Waals surface area contributed by atoms with Crippen LogP contribution in [0.2, 0.25) is 0 Å². The molecule has 1 aromatic carbocycles. The lowest BCUT2D eigenvalue weighted by molar-refractivity contribution is -0.116. The Bertz CT molecular complexity index is 791. The van der Waals surface area contributed by atoms with Gasteiger partial charge in [0, 0.05) is 37.4 Å². The van der Waals surface area contributed by atoms with Gasteiger partial charge in [-0.05, 0) is 36.1 Å². The fraction of sp³-hybridized carbons (Fsp3) is 0.278. The number of rotatable bonds is 7. The van der Waals surface area contributed by atoms with Crippen molar-refractivity contribution < 1.29 is 14.4 Å². The molecule has 1 aliphatic rings. The maximum atomic E-state index is 12.1. The van der Waals surface area contributed by atoms with Crippen LogP contribution in [0.4, 0.5) is 16.2 Å². The van der Waals surface area contributed by atoms with E-state index in [-0.39, 0.29) is 17.8 Å². The third-order valence-corrected chi connectivity index (χ3v) is 4.78. The van der Waals surface area contributed by atoms with Gasteiger partial charge in [0.2, 0.25) is 5.91 Å². The summed E-state index contributed by atoms with van der Waals surface area (Å²) in [6.45, 7) is 1.67. The van der Waals surface area contributed by atoms with E-state index in [1.807, 2.05) is 17.5 Å². The van der Waals surface area contributed by atoms with Gasteiger partial charge in [-0.3, -0.25) is 14.5 Å². The summed E-state index contributed by atoms with van der Waals surface area (Å²) in [5.41, 5.74) is 1.40. The van der Waals surface area contributed by atoms with Crippen LogP contribution in [0, 0.1) is 0 Å². The topological polar surface area (TPSA) is 90.5 Å². The normalized spacial score (nSPS) is 13.4. The Kier molecular flexibility index (Phi) is 5.85. The molecule has 0 radical (unpaired) electrons. The van der Waals surface area contributed by atoms with Crippen LogP contribution >= 0.6 is 11.3 Å². The Morgan fingerprint density at radius 2 is 2.12 bits per heavy atom. The van der Waals surface area contributed by atoms with Crippen LogP contribution in [0.3, 0.4) is 0 Å². The number of thiophene rings is 1. The van der Waals surface area contributed by atoms with Crippen LogP contribution in [0.5, 0.6) is 0 Å². The molecule has 0 unspecified atom stereocenters. The van der Waals surface area contributed by atoms with Gasteiger partial charge in [0.05, 0.1) is 4.88 Å². The zero-order chi connectivity index (χ0) is 18.4. The van der Waals surface area contributed by atoms with Crippen molar-refractivity contribution in [2.75, 3.05) is 29.9 Å². The molecule has 1 aromatic heterocycles. The summed E-state index contributed by atoms with van der Waals surface area (Å²) < 4.78 is 0. The molecule has 0 saturated carbocycles. The van der Waals surface area contributed by atoms with Gasteiger partial charge in [-0.1, -0.05) is 12.1 Å². The van der Waals surface area contributed by atoms with Crippen LogP contribution < -0.4 is 20.9 Å². The molecule has 0 atom stereocenters. The van der Waals surface area contributed by atoms with Gasteiger partial charge in [0.1, 0.15) is 0 Å². The molecule has 136 valence electrons. The van der Waals surface area contributed by atoms with Gasteiger partial charge in [-0.15, -0.1) is 11.3 Å². The van der Waals surface area contributed by atoms with Gasteiger partial charge in [0.15, 0.2) is 0 Å². The quantitative estimate of drug-likeness (QED) is 0.652. The number of carbonyl (C=O) groups is 3. The second-order valence-corrected chi connectivity index (χ2v) is 6.77. The summed E-state index contributed by atoms with van der Waals surface area (Å²) in [5, 5.41) is 10.2. The third-order valence-electron chi connectivity index (χ3n) is 3.91. The summed E-state index contributed by atoms with van der Waals surface area (Å²) in [4.78, 5) is 37.9. The Morgan fingerprint density at radius 1 is 1.23 bits per heavy atom. The van der Waals surface area contributed by atoms with E-state index < -0.39 is 0 Å². The van der Waals surface area contributed by atoms with Crippen molar-refractivity contribution in [2.24, 2.45) is 0 Å². The third kappa shape index (κ3) is 4.60. The molecular formula is C18H20N4O3S. The first-order valence-corrected chi connectivity index (χ1v) is 9.28. The van der Waals surface area contributed by atoms with E-state index >= 15 is 0 Å². The van der Waals surface area contributed by atoms with Crippen molar-refractivity contribution in [3.05, 3.63) is 46.7 Å². The number of amides is 4. The molecule has 1 aliphatic heterocycles. The van der Waals surface area contributed by atoms with Crippen LogP contribution in [0.1, 0.15) is 22.5 Å². The minimum absolute atomic E-state index is 0.114. The number of carbonyl (C=O) groups excluding carboxylic acids is 3. The van der Waals surface area contributed by atoms with Gasteiger partial charge in [-0.25, -0.2) is 4.79 Å². The van der Waals surface area contributed by atoms with Crippen molar-refractivity contribution in [2.45, 2.75) is 12.8 Å². The molecule has 1 fully saturated rings. The number of nitrogens with one attached hydrogen (secondary N) is 3. The standard InChI is InChI=1S/C18H20N4O3S/c23-16(7-2-8-19-17(24)15-6-3-11-26-15)21-13-4-1-5-14(12-13)22-10-9-20-18(22)25/h1,3-6,11-12H,2,7-10H2,(H,19,24)(H,20,25)(H,21,23). The Balaban J connectivity index is 1.43. The number of anilines is 2. The highest BCUT2D eigenvalue weighted by Gasteiger charge is 2.21. The highest BCUT2D eigenvalue weighted by Crippen LogP contribution is 2.21. The molecule has 7 nitrogen and oxygen atoms in total. The van der Waals surface area contributed by atoms with Crippen molar-refractivity contribution in [3.63, 3.8) is 0 Å². The smallest absolute Gasteiger partial charge is 0.321 e. The highest BCUT2D eigenvalue weighted by atomic mass is 32.1. The monoisotopic (exact) mass is 372 g/mol. The molecule has 2 heterocycles. The summed E-state index contributed by atoms with van der Waals surface area (Å²) >= 11 is 1.39. The van der Waals surface area contributed by atoms with E-state index in [4.69, 9.17) is 0 Å². The van der Waals surface area contributed by atoms with Crippen molar-refractivity contribution in [1.82, 2.24) is 10.6 Å². The predicted molar refractivity (Wildman–Crippen MR) is 102 cm³/mol. The number of hydrogen-bond acceptors (Lipinski definition) is 4. The summed E-state index contributed by atoms with van der Waals surface area (Å²) in [5.74, 6) is -0.240. The average molecular weight is 372 g/mol. The lowest BCUT2D eigenvalue weighted by Crippen LogP contribution is -2.27. The number of hydrogen-bond donors (Lipinski definition) is 3. The molecule has 26 heavy (non-hydrogen) atoms. The van der Waals surface area contributed by atoms with E-state index in [0.29, 0.717) is 43.0 Å². The van der Waals surface area contributed by atoms with E-state index in [0.717, 1.165) is 5.69 Å². The molecule has 0 spiro atoms. The van der Waals surface area contributed by atoms with Crippen molar-refractivity contribution >= 4 is 40.6 Å². The fourth-order valence-corrected chi connectivity index (χ4v) is 3.28. The molecule has 4 amide bonds. The molecule has 0 aliphatic carbocycles. The molecule has 2 aromatic rings. The second kappa shape index (κ2) is 8.48. The molecule has 0 bridgehead atoms. The van der Waals surface area contributed by atoms with Crippen LogP contribution in [0.15, 0.2) is 41.8 Å². The van der Waals surface area contributed by atoms with Crippen molar-refractivity contribution in [3.8, 4) is 0 Å². The number of nitrogens with zero attached hydrogens (tertiary/aromatic N) is 1. The van der Waals surface area contributed by atoms with Crippen molar-refractivity contribution in [1.29, 1.82) is 0 Å². The Labute approximate surface area is 155 Å². The van der Waals surface area contributed by atoms with Gasteiger partial charge in [0.25, 0.3) is 5.91 Å². The van der Waals surface area contributed by atoms with Gasteiger partial charge in [-0.2, -0.15) is 0 Å². The predicted octanol–water partition coefficient (Wildman–Crippen LogP) is 2.43. The number of urea groups is 1. The first kappa shape index (κ1) is 17.9. The maximum absolute atomic E-state index is 12.1. The Morgan fingerprint density at radius 3 is 2.85 bits per heavy atom. The first-order chi connectivity index (χ1) is 12.6. The first-order valence-electron chi connectivity index (χ1n) is 8.40. The molecule has 3 N–H and O–H groups in total. The van der Waals surface area contributed by atoms with E-state index in [1.165, 1.54) is 11.3 Å². The summed E-state index contributed by atoms with van der Waals surface area (Å²) in [6, 6.07) is 10.7. The minimum Gasteiger partial charge on any atom is -0.351 e. The molecule has 3 rings (SSSR count). The zero-order valence-electron chi connectivity index (χ0n) is 14.2. The number of benzene rings is 1. The minimum atomic E-state index is -0.130. The second-order valence-electron chi connectivity index (χ2n) is 5.82. The van der Waals surface area contributed by atoms with Gasteiger partial charge < -0.3 is 16.0 Å². The van der Waals surface area contributed by atoms with E-state index in [1.54, 1.807) is 29.2 Å². The fourth-order valence-electron chi connectivity index (χ4n) is 2.64. The van der Waals surface area contributed by atoms with Crippen LogP contribution in [-0.2, 0) is 4.79 Å². The Hall–Kier alpha value is -2.87. The zero-order valence-corrected chi connectivity index (χ0v) is 15.0. The van der Waals surface area contributed by atoms with Crippen LogP contribution in [-0.4, -0.2) is 37.5 Å². The van der Waals surface area contributed by atoms with Gasteiger partial charge >= 0.3 is 6.03 Å². The van der Waals surface area contributed by atoms with Crippen LogP contribution in [0.25, 0.3) is 0 Å².